The highest BCUT2D eigenvalue weighted by atomic mass is 32.2. The molecule has 0 amide bonds. The number of benzene rings is 1. The van der Waals surface area contributed by atoms with Gasteiger partial charge in [0.25, 0.3) is 0 Å². The average Bonchev–Trinajstić information content (AvgIpc) is 2.31. The van der Waals surface area contributed by atoms with Gasteiger partial charge in [0.2, 0.25) is 0 Å². The van der Waals surface area contributed by atoms with Crippen LogP contribution in [0.15, 0.2) is 34.1 Å². The van der Waals surface area contributed by atoms with Crippen molar-refractivity contribution in [3.05, 3.63) is 24.3 Å². The molecule has 6 heteroatoms. The summed E-state index contributed by atoms with van der Waals surface area (Å²) in [5.41, 5.74) is 0. The van der Waals surface area contributed by atoms with Crippen LogP contribution in [0.2, 0.25) is 0 Å². The summed E-state index contributed by atoms with van der Waals surface area (Å²) >= 11 is 1.87. The van der Waals surface area contributed by atoms with Gasteiger partial charge < -0.3 is 9.47 Å². The minimum absolute atomic E-state index is 0.419. The van der Waals surface area contributed by atoms with Gasteiger partial charge in [0, 0.05) is 9.79 Å². The first-order valence-corrected chi connectivity index (χ1v) is 5.91. The Labute approximate surface area is 102 Å². The fraction of sp³-hybridized carbons (Fsp3) is 0.200. The van der Waals surface area contributed by atoms with E-state index in [0.29, 0.717) is 9.79 Å². The fourth-order valence-electron chi connectivity index (χ4n) is 0.882. The number of hydrogen-bond acceptors (Lipinski definition) is 6. The Kier molecular flexibility index (Phi) is 5.21. The summed E-state index contributed by atoms with van der Waals surface area (Å²) in [6, 6.07) is 7.05. The Hall–Kier alpha value is -1.14. The standard InChI is InChI=1S/C10H10O4S2/c1-13-9(11)15-7-5-3-4-6-8(7)16-10(12)14-2/h3-6H,1-2H3. The summed E-state index contributed by atoms with van der Waals surface area (Å²) in [6.07, 6.45) is 0. The molecule has 0 radical (unpaired) electrons. The Morgan fingerprint density at radius 3 is 1.62 bits per heavy atom. The third-order valence-electron chi connectivity index (χ3n) is 1.57. The smallest absolute Gasteiger partial charge is 0.371 e. The van der Waals surface area contributed by atoms with Crippen molar-refractivity contribution in [2.45, 2.75) is 9.79 Å². The maximum atomic E-state index is 11.1. The van der Waals surface area contributed by atoms with Gasteiger partial charge in [-0.25, -0.2) is 9.59 Å². The first-order chi connectivity index (χ1) is 7.67. The predicted octanol–water partition coefficient (Wildman–Crippen LogP) is 3.40. The molecule has 0 saturated heterocycles. The number of carbonyl (C=O) groups is 2. The number of carbonyl (C=O) groups excluding carboxylic acids is 2. The maximum Gasteiger partial charge on any atom is 0.371 e. The highest BCUT2D eigenvalue weighted by Gasteiger charge is 2.12. The summed E-state index contributed by atoms with van der Waals surface area (Å²) in [6.45, 7) is 0. The van der Waals surface area contributed by atoms with E-state index in [0.717, 1.165) is 23.5 Å². The molecule has 0 aliphatic rings. The van der Waals surface area contributed by atoms with Gasteiger partial charge in [-0.15, -0.1) is 0 Å². The van der Waals surface area contributed by atoms with Gasteiger partial charge in [-0.05, 0) is 35.7 Å². The van der Waals surface area contributed by atoms with Crippen LogP contribution >= 0.6 is 23.5 Å². The quantitative estimate of drug-likeness (QED) is 0.598. The van der Waals surface area contributed by atoms with Crippen molar-refractivity contribution in [3.63, 3.8) is 0 Å². The Morgan fingerprint density at radius 1 is 0.938 bits per heavy atom. The first kappa shape index (κ1) is 12.9. The third-order valence-corrected chi connectivity index (χ3v) is 3.52. The van der Waals surface area contributed by atoms with Crippen molar-refractivity contribution < 1.29 is 19.1 Å². The molecule has 4 nitrogen and oxygen atoms in total. The molecular weight excluding hydrogens is 248 g/mol. The molecule has 0 spiro atoms. The van der Waals surface area contributed by atoms with Crippen LogP contribution in [0.3, 0.4) is 0 Å². The van der Waals surface area contributed by atoms with Gasteiger partial charge in [-0.3, -0.25) is 0 Å². The van der Waals surface area contributed by atoms with Crippen LogP contribution in [0.25, 0.3) is 0 Å². The number of rotatable bonds is 2. The Balaban J connectivity index is 2.83. The van der Waals surface area contributed by atoms with Gasteiger partial charge in [0.05, 0.1) is 14.2 Å². The second-order valence-corrected chi connectivity index (χ2v) is 4.51. The fourth-order valence-corrected chi connectivity index (χ4v) is 2.29. The zero-order chi connectivity index (χ0) is 12.0. The van der Waals surface area contributed by atoms with E-state index in [1.807, 2.05) is 0 Å². The molecular formula is C10H10O4S2. The van der Waals surface area contributed by atoms with Crippen LogP contribution in [-0.4, -0.2) is 24.8 Å². The summed E-state index contributed by atoms with van der Waals surface area (Å²) in [4.78, 5) is 23.6. The lowest BCUT2D eigenvalue weighted by molar-refractivity contribution is 0.199. The van der Waals surface area contributed by atoms with E-state index in [1.165, 1.54) is 14.2 Å². The lowest BCUT2D eigenvalue weighted by Crippen LogP contribution is -1.94. The van der Waals surface area contributed by atoms with Crippen molar-refractivity contribution in [1.82, 2.24) is 0 Å². The van der Waals surface area contributed by atoms with Gasteiger partial charge >= 0.3 is 10.6 Å². The first-order valence-electron chi connectivity index (χ1n) is 4.28. The highest BCUT2D eigenvalue weighted by Crippen LogP contribution is 2.32. The van der Waals surface area contributed by atoms with E-state index in [1.54, 1.807) is 24.3 Å². The lowest BCUT2D eigenvalue weighted by atomic mass is 10.4. The molecule has 1 aromatic carbocycles. The largest absolute Gasteiger partial charge is 0.461 e. The van der Waals surface area contributed by atoms with Crippen LogP contribution < -0.4 is 0 Å². The van der Waals surface area contributed by atoms with Gasteiger partial charge in [-0.2, -0.15) is 0 Å². The van der Waals surface area contributed by atoms with Crippen LogP contribution in [0.5, 0.6) is 0 Å². The molecule has 0 aromatic heterocycles. The van der Waals surface area contributed by atoms with Crippen molar-refractivity contribution >= 4 is 34.1 Å². The van der Waals surface area contributed by atoms with Gasteiger partial charge in [0.1, 0.15) is 0 Å². The molecule has 0 heterocycles. The van der Waals surface area contributed by atoms with Crippen LogP contribution in [0.4, 0.5) is 9.59 Å². The molecule has 0 fully saturated rings. The molecule has 1 aromatic rings. The van der Waals surface area contributed by atoms with Gasteiger partial charge in [0.15, 0.2) is 0 Å². The molecule has 0 atom stereocenters. The predicted molar refractivity (Wildman–Crippen MR) is 63.0 cm³/mol. The summed E-state index contributed by atoms with van der Waals surface area (Å²) in [5, 5.41) is -0.837. The Morgan fingerprint density at radius 2 is 1.31 bits per heavy atom. The van der Waals surface area contributed by atoms with Crippen LogP contribution in [-0.2, 0) is 9.47 Å². The minimum atomic E-state index is -0.419. The molecule has 0 aliphatic heterocycles. The normalized spacial score (nSPS) is 9.62. The molecule has 0 saturated carbocycles. The van der Waals surface area contributed by atoms with Crippen molar-refractivity contribution in [2.75, 3.05) is 14.2 Å². The van der Waals surface area contributed by atoms with Crippen molar-refractivity contribution in [3.8, 4) is 0 Å². The maximum absolute atomic E-state index is 11.1. The number of ether oxygens (including phenoxy) is 2. The molecule has 0 aliphatic carbocycles. The zero-order valence-electron chi connectivity index (χ0n) is 8.76. The van der Waals surface area contributed by atoms with E-state index in [2.05, 4.69) is 9.47 Å². The molecule has 1 rings (SSSR count). The minimum Gasteiger partial charge on any atom is -0.461 e. The zero-order valence-corrected chi connectivity index (χ0v) is 10.4. The van der Waals surface area contributed by atoms with E-state index in [-0.39, 0.29) is 0 Å². The molecule has 16 heavy (non-hydrogen) atoms. The molecule has 0 unspecified atom stereocenters. The second-order valence-electron chi connectivity index (χ2n) is 2.56. The lowest BCUT2D eigenvalue weighted by Gasteiger charge is -2.05. The SMILES string of the molecule is COC(=O)Sc1ccccc1SC(=O)OC. The average molecular weight is 258 g/mol. The van der Waals surface area contributed by atoms with Crippen molar-refractivity contribution in [1.29, 1.82) is 0 Å². The highest BCUT2D eigenvalue weighted by molar-refractivity contribution is 8.16. The molecule has 0 N–H and O–H groups in total. The number of hydrogen-bond donors (Lipinski definition) is 0. The summed E-state index contributed by atoms with van der Waals surface area (Å²) in [7, 11) is 2.62. The van der Waals surface area contributed by atoms with Crippen LogP contribution in [0.1, 0.15) is 0 Å². The molecule has 0 bridgehead atoms. The van der Waals surface area contributed by atoms with Crippen LogP contribution in [0, 0.1) is 0 Å². The number of thioether (sulfide) groups is 2. The van der Waals surface area contributed by atoms with E-state index < -0.39 is 10.6 Å². The topological polar surface area (TPSA) is 52.6 Å². The Bertz CT molecular complexity index is 355. The van der Waals surface area contributed by atoms with Gasteiger partial charge in [-0.1, -0.05) is 12.1 Å². The van der Waals surface area contributed by atoms with Crippen molar-refractivity contribution in [2.24, 2.45) is 0 Å². The van der Waals surface area contributed by atoms with E-state index in [9.17, 15) is 9.59 Å². The van der Waals surface area contributed by atoms with E-state index >= 15 is 0 Å². The third kappa shape index (κ3) is 3.79. The number of methoxy groups -OCH3 is 2. The summed E-state index contributed by atoms with van der Waals surface area (Å²) < 4.78 is 9.08. The molecule has 86 valence electrons. The van der Waals surface area contributed by atoms with E-state index in [4.69, 9.17) is 0 Å². The summed E-state index contributed by atoms with van der Waals surface area (Å²) in [5.74, 6) is 0. The second kappa shape index (κ2) is 6.44. The monoisotopic (exact) mass is 258 g/mol.